The molecule has 1 aromatic heterocycles. The smallest absolute Gasteiger partial charge is 0.416 e. The largest absolute Gasteiger partial charge is 0.451 e. The van der Waals surface area contributed by atoms with Gasteiger partial charge in [-0.15, -0.1) is 11.3 Å². The number of alkyl halides is 3. The molecular weight excluding hydrogens is 417 g/mol. The van der Waals surface area contributed by atoms with Crippen molar-refractivity contribution in [1.82, 2.24) is 4.98 Å². The summed E-state index contributed by atoms with van der Waals surface area (Å²) >= 11 is 0.994. The summed E-state index contributed by atoms with van der Waals surface area (Å²) in [5.41, 5.74) is 1.55. The number of benzene rings is 2. The molecule has 0 saturated heterocycles. The van der Waals surface area contributed by atoms with Gasteiger partial charge >= 0.3 is 12.1 Å². The van der Waals surface area contributed by atoms with Gasteiger partial charge in [0, 0.05) is 11.3 Å². The molecule has 0 aliphatic heterocycles. The Morgan fingerprint density at radius 3 is 2.37 bits per heavy atom. The first-order valence-corrected chi connectivity index (χ1v) is 9.64. The summed E-state index contributed by atoms with van der Waals surface area (Å²) in [4.78, 5) is 28.8. The lowest BCUT2D eigenvalue weighted by Crippen LogP contribution is -2.21. The highest BCUT2D eigenvalue weighted by molar-refractivity contribution is 7.17. The molecule has 0 fully saturated rings. The molecule has 0 saturated carbocycles. The summed E-state index contributed by atoms with van der Waals surface area (Å²) in [5.74, 6) is -1.20. The molecule has 5 nitrogen and oxygen atoms in total. The number of hydrogen-bond acceptors (Lipinski definition) is 5. The number of nitrogens with one attached hydrogen (secondary N) is 1. The Hall–Kier alpha value is -3.20. The van der Waals surface area contributed by atoms with Crippen LogP contribution < -0.4 is 5.32 Å². The lowest BCUT2D eigenvalue weighted by Gasteiger charge is -2.08. The Balaban J connectivity index is 1.65. The van der Waals surface area contributed by atoms with E-state index in [9.17, 15) is 22.8 Å². The van der Waals surface area contributed by atoms with E-state index in [0.29, 0.717) is 22.0 Å². The van der Waals surface area contributed by atoms with E-state index in [2.05, 4.69) is 10.3 Å². The van der Waals surface area contributed by atoms with Gasteiger partial charge in [0.2, 0.25) is 0 Å². The maximum absolute atomic E-state index is 12.7. The van der Waals surface area contributed by atoms with E-state index < -0.39 is 30.2 Å². The molecule has 156 valence electrons. The number of thiazole rings is 1. The number of carbonyl (C=O) groups excluding carboxylic acids is 2. The average Bonchev–Trinajstić information content (AvgIpc) is 3.09. The fourth-order valence-corrected chi connectivity index (χ4v) is 3.57. The number of rotatable bonds is 5. The molecule has 2 aromatic carbocycles. The molecule has 1 amide bonds. The van der Waals surface area contributed by atoms with E-state index in [1.54, 1.807) is 19.1 Å². The zero-order chi connectivity index (χ0) is 21.9. The van der Waals surface area contributed by atoms with Crippen LogP contribution in [0.1, 0.15) is 26.5 Å². The molecule has 0 radical (unpaired) electrons. The molecule has 0 aliphatic carbocycles. The number of ether oxygens (including phenoxy) is 1. The summed E-state index contributed by atoms with van der Waals surface area (Å²) in [5, 5.41) is 3.05. The van der Waals surface area contributed by atoms with Crippen LogP contribution in [-0.4, -0.2) is 23.5 Å². The standard InChI is InChI=1S/C21H17F3N2O3S/c1-12-5-3-4-6-16(12)26-17(27)11-29-20(28)18-13(2)25-19(30-18)14-7-9-15(10-8-14)21(22,23)24/h3-10H,11H2,1-2H3,(H,26,27). The Morgan fingerprint density at radius 1 is 1.07 bits per heavy atom. The summed E-state index contributed by atoms with van der Waals surface area (Å²) < 4.78 is 43.2. The van der Waals surface area contributed by atoms with Crippen molar-refractivity contribution in [3.63, 3.8) is 0 Å². The van der Waals surface area contributed by atoms with Gasteiger partial charge in [-0.2, -0.15) is 13.2 Å². The van der Waals surface area contributed by atoms with Gasteiger partial charge in [-0.25, -0.2) is 9.78 Å². The molecule has 0 bridgehead atoms. The molecule has 3 aromatic rings. The van der Waals surface area contributed by atoms with Crippen LogP contribution in [0.3, 0.4) is 0 Å². The third-order valence-corrected chi connectivity index (χ3v) is 5.38. The van der Waals surface area contributed by atoms with Crippen LogP contribution >= 0.6 is 11.3 Å². The molecule has 9 heteroatoms. The molecular formula is C21H17F3N2O3S. The normalized spacial score (nSPS) is 11.2. The second-order valence-electron chi connectivity index (χ2n) is 6.45. The predicted octanol–water partition coefficient (Wildman–Crippen LogP) is 5.24. The predicted molar refractivity (Wildman–Crippen MR) is 107 cm³/mol. The van der Waals surface area contributed by atoms with Crippen LogP contribution in [0, 0.1) is 13.8 Å². The third kappa shape index (κ3) is 5.04. The summed E-state index contributed by atoms with van der Waals surface area (Å²) in [6, 6.07) is 11.7. The Morgan fingerprint density at radius 2 is 1.73 bits per heavy atom. The van der Waals surface area contributed by atoms with Crippen LogP contribution in [0.25, 0.3) is 10.6 Å². The van der Waals surface area contributed by atoms with Crippen LogP contribution in [-0.2, 0) is 15.7 Å². The monoisotopic (exact) mass is 434 g/mol. The lowest BCUT2D eigenvalue weighted by molar-refractivity contribution is -0.137. The number of nitrogens with zero attached hydrogens (tertiary/aromatic N) is 1. The highest BCUT2D eigenvalue weighted by Gasteiger charge is 2.30. The van der Waals surface area contributed by atoms with E-state index in [4.69, 9.17) is 4.74 Å². The Kier molecular flexibility index (Phi) is 6.21. The highest BCUT2D eigenvalue weighted by Crippen LogP contribution is 2.33. The van der Waals surface area contributed by atoms with E-state index in [-0.39, 0.29) is 4.88 Å². The first-order chi connectivity index (χ1) is 14.1. The number of hydrogen-bond donors (Lipinski definition) is 1. The second kappa shape index (κ2) is 8.66. The minimum Gasteiger partial charge on any atom is -0.451 e. The number of amides is 1. The molecule has 1 N–H and O–H groups in total. The van der Waals surface area contributed by atoms with E-state index in [1.165, 1.54) is 12.1 Å². The first-order valence-electron chi connectivity index (χ1n) is 8.83. The molecule has 0 spiro atoms. The van der Waals surface area contributed by atoms with Crippen LogP contribution in [0.5, 0.6) is 0 Å². The van der Waals surface area contributed by atoms with Crippen molar-refractivity contribution in [3.8, 4) is 10.6 Å². The van der Waals surface area contributed by atoms with Gasteiger partial charge in [-0.1, -0.05) is 30.3 Å². The van der Waals surface area contributed by atoms with E-state index in [1.807, 2.05) is 19.1 Å². The number of anilines is 1. The van der Waals surface area contributed by atoms with Gasteiger partial charge in [0.1, 0.15) is 9.88 Å². The molecule has 1 heterocycles. The zero-order valence-corrected chi connectivity index (χ0v) is 16.9. The summed E-state index contributed by atoms with van der Waals surface area (Å²) in [6.45, 7) is 2.96. The van der Waals surface area contributed by atoms with Gasteiger partial charge in [0.25, 0.3) is 5.91 Å². The molecule has 0 aliphatic rings. The molecule has 30 heavy (non-hydrogen) atoms. The van der Waals surface area contributed by atoms with Gasteiger partial charge in [-0.05, 0) is 37.6 Å². The Labute approximate surface area is 174 Å². The average molecular weight is 434 g/mol. The third-order valence-electron chi connectivity index (χ3n) is 4.19. The van der Waals surface area contributed by atoms with Crippen LogP contribution in [0.2, 0.25) is 0 Å². The van der Waals surface area contributed by atoms with Gasteiger partial charge in [-0.3, -0.25) is 4.79 Å². The minimum atomic E-state index is -4.43. The van der Waals surface area contributed by atoms with Crippen molar-refractivity contribution in [2.45, 2.75) is 20.0 Å². The Bertz CT molecular complexity index is 1080. The minimum absolute atomic E-state index is 0.189. The SMILES string of the molecule is Cc1ccccc1NC(=O)COC(=O)c1sc(-c2ccc(C(F)(F)F)cc2)nc1C. The summed E-state index contributed by atoms with van der Waals surface area (Å²) in [7, 11) is 0. The number of esters is 1. The van der Waals surface area contributed by atoms with Crippen molar-refractivity contribution < 1.29 is 27.5 Å². The first kappa shape index (κ1) is 21.5. The summed E-state index contributed by atoms with van der Waals surface area (Å²) in [6.07, 6.45) is -4.43. The van der Waals surface area contributed by atoms with Crippen LogP contribution in [0.15, 0.2) is 48.5 Å². The fourth-order valence-electron chi connectivity index (χ4n) is 2.61. The second-order valence-corrected chi connectivity index (χ2v) is 7.45. The number of carbonyl (C=O) groups is 2. The van der Waals surface area contributed by atoms with E-state index >= 15 is 0 Å². The molecule has 0 atom stereocenters. The quantitative estimate of drug-likeness (QED) is 0.558. The maximum Gasteiger partial charge on any atom is 0.416 e. The van der Waals surface area contributed by atoms with Crippen molar-refractivity contribution >= 4 is 28.9 Å². The van der Waals surface area contributed by atoms with Crippen molar-refractivity contribution in [3.05, 3.63) is 70.2 Å². The van der Waals surface area contributed by atoms with E-state index in [0.717, 1.165) is 29.0 Å². The number of aryl methyl sites for hydroxylation is 2. The van der Waals surface area contributed by atoms with Gasteiger partial charge in [0.05, 0.1) is 11.3 Å². The molecule has 3 rings (SSSR count). The van der Waals surface area contributed by atoms with Crippen molar-refractivity contribution in [1.29, 1.82) is 0 Å². The maximum atomic E-state index is 12.7. The van der Waals surface area contributed by atoms with Crippen molar-refractivity contribution in [2.75, 3.05) is 11.9 Å². The van der Waals surface area contributed by atoms with Gasteiger partial charge < -0.3 is 10.1 Å². The molecule has 0 unspecified atom stereocenters. The number of para-hydroxylation sites is 1. The zero-order valence-electron chi connectivity index (χ0n) is 16.0. The number of halogens is 3. The van der Waals surface area contributed by atoms with Gasteiger partial charge in [0.15, 0.2) is 6.61 Å². The number of aromatic nitrogens is 1. The van der Waals surface area contributed by atoms with Crippen molar-refractivity contribution in [2.24, 2.45) is 0 Å². The lowest BCUT2D eigenvalue weighted by atomic mass is 10.1. The topological polar surface area (TPSA) is 68.3 Å². The fraction of sp³-hybridized carbons (Fsp3) is 0.190. The highest BCUT2D eigenvalue weighted by atomic mass is 32.1. The van der Waals surface area contributed by atoms with Crippen LogP contribution in [0.4, 0.5) is 18.9 Å².